The second-order valence-electron chi connectivity index (χ2n) is 5.28. The third kappa shape index (κ3) is 5.36. The highest BCUT2D eigenvalue weighted by atomic mass is 16.5. The maximum absolute atomic E-state index is 5.90. The van der Waals surface area contributed by atoms with Crippen molar-refractivity contribution < 1.29 is 4.74 Å². The minimum atomic E-state index is 0.545. The lowest BCUT2D eigenvalue weighted by Crippen LogP contribution is -2.44. The highest BCUT2D eigenvalue weighted by Gasteiger charge is 2.24. The fourth-order valence-electron chi connectivity index (χ4n) is 2.61. The SMILES string of the molecule is CCCCCCCC(CN)N(C)C1CCOC1. The van der Waals surface area contributed by atoms with Crippen molar-refractivity contribution in [1.29, 1.82) is 0 Å². The summed E-state index contributed by atoms with van der Waals surface area (Å²) in [7, 11) is 2.21. The number of hydrogen-bond acceptors (Lipinski definition) is 3. The third-order valence-electron chi connectivity index (χ3n) is 3.97. The van der Waals surface area contributed by atoms with Gasteiger partial charge in [0.15, 0.2) is 0 Å². The number of unbranched alkanes of at least 4 members (excludes halogenated alkanes) is 4. The van der Waals surface area contributed by atoms with Crippen molar-refractivity contribution >= 4 is 0 Å². The van der Waals surface area contributed by atoms with Crippen molar-refractivity contribution in [1.82, 2.24) is 4.90 Å². The molecule has 0 aromatic heterocycles. The maximum Gasteiger partial charge on any atom is 0.0622 e. The van der Waals surface area contributed by atoms with E-state index in [2.05, 4.69) is 18.9 Å². The van der Waals surface area contributed by atoms with Gasteiger partial charge in [-0.25, -0.2) is 0 Å². The van der Waals surface area contributed by atoms with Crippen LogP contribution in [0.5, 0.6) is 0 Å². The van der Waals surface area contributed by atoms with Gasteiger partial charge in [-0.1, -0.05) is 39.0 Å². The summed E-state index contributed by atoms with van der Waals surface area (Å²) in [5.74, 6) is 0. The summed E-state index contributed by atoms with van der Waals surface area (Å²) in [5.41, 5.74) is 5.90. The molecule has 0 aromatic carbocycles. The van der Waals surface area contributed by atoms with E-state index >= 15 is 0 Å². The average molecular weight is 242 g/mol. The Labute approximate surface area is 107 Å². The molecule has 1 saturated heterocycles. The van der Waals surface area contributed by atoms with Crippen LogP contribution in [0.2, 0.25) is 0 Å². The number of hydrogen-bond donors (Lipinski definition) is 1. The molecule has 2 atom stereocenters. The van der Waals surface area contributed by atoms with E-state index in [1.165, 1.54) is 44.9 Å². The summed E-state index contributed by atoms with van der Waals surface area (Å²) in [6.45, 7) is 4.85. The molecule has 0 spiro atoms. The molecule has 2 unspecified atom stereocenters. The zero-order chi connectivity index (χ0) is 12.5. The summed E-state index contributed by atoms with van der Waals surface area (Å²) < 4.78 is 5.45. The minimum absolute atomic E-state index is 0.545. The van der Waals surface area contributed by atoms with E-state index in [9.17, 15) is 0 Å². The van der Waals surface area contributed by atoms with Gasteiger partial charge in [0.25, 0.3) is 0 Å². The molecule has 102 valence electrons. The van der Waals surface area contributed by atoms with Gasteiger partial charge in [0.05, 0.1) is 6.61 Å². The topological polar surface area (TPSA) is 38.5 Å². The van der Waals surface area contributed by atoms with Gasteiger partial charge in [0.1, 0.15) is 0 Å². The second-order valence-corrected chi connectivity index (χ2v) is 5.28. The van der Waals surface area contributed by atoms with E-state index in [4.69, 9.17) is 10.5 Å². The quantitative estimate of drug-likeness (QED) is 0.631. The Morgan fingerprint density at radius 3 is 2.65 bits per heavy atom. The van der Waals surface area contributed by atoms with Crippen LogP contribution in [-0.2, 0) is 4.74 Å². The maximum atomic E-state index is 5.90. The van der Waals surface area contributed by atoms with Crippen LogP contribution in [0.25, 0.3) is 0 Å². The van der Waals surface area contributed by atoms with E-state index < -0.39 is 0 Å². The zero-order valence-electron chi connectivity index (χ0n) is 11.7. The van der Waals surface area contributed by atoms with Crippen molar-refractivity contribution in [3.05, 3.63) is 0 Å². The van der Waals surface area contributed by atoms with Crippen LogP contribution < -0.4 is 5.73 Å². The number of ether oxygens (including phenoxy) is 1. The Bertz CT molecular complexity index is 181. The lowest BCUT2D eigenvalue weighted by Gasteiger charge is -2.31. The molecule has 3 heteroatoms. The Balaban J connectivity index is 2.17. The molecule has 0 aromatic rings. The lowest BCUT2D eigenvalue weighted by atomic mass is 10.0. The van der Waals surface area contributed by atoms with E-state index in [0.29, 0.717) is 12.1 Å². The molecule has 1 aliphatic rings. The number of likely N-dealkylation sites (N-methyl/N-ethyl adjacent to an activating group) is 1. The summed E-state index contributed by atoms with van der Waals surface area (Å²) in [6, 6.07) is 1.14. The first kappa shape index (κ1) is 14.9. The molecule has 3 nitrogen and oxygen atoms in total. The minimum Gasteiger partial charge on any atom is -0.380 e. The molecular formula is C14H30N2O. The van der Waals surface area contributed by atoms with Gasteiger partial charge in [0, 0.05) is 25.2 Å². The first-order chi connectivity index (χ1) is 8.29. The van der Waals surface area contributed by atoms with Crippen LogP contribution in [0, 0.1) is 0 Å². The Hall–Kier alpha value is -0.120. The van der Waals surface area contributed by atoms with Gasteiger partial charge in [-0.3, -0.25) is 4.90 Å². The molecule has 0 bridgehead atoms. The van der Waals surface area contributed by atoms with Crippen LogP contribution in [-0.4, -0.2) is 43.8 Å². The highest BCUT2D eigenvalue weighted by molar-refractivity contribution is 4.79. The predicted molar refractivity (Wildman–Crippen MR) is 73.2 cm³/mol. The molecule has 1 rings (SSSR count). The largest absolute Gasteiger partial charge is 0.380 e. The van der Waals surface area contributed by atoms with Crippen molar-refractivity contribution in [3.63, 3.8) is 0 Å². The highest BCUT2D eigenvalue weighted by Crippen LogP contribution is 2.17. The fourth-order valence-corrected chi connectivity index (χ4v) is 2.61. The van der Waals surface area contributed by atoms with Gasteiger partial charge in [-0.05, 0) is 19.9 Å². The van der Waals surface area contributed by atoms with Crippen LogP contribution >= 0.6 is 0 Å². The van der Waals surface area contributed by atoms with E-state index in [-0.39, 0.29) is 0 Å². The zero-order valence-corrected chi connectivity index (χ0v) is 11.7. The van der Waals surface area contributed by atoms with Gasteiger partial charge in [0.2, 0.25) is 0 Å². The molecular weight excluding hydrogens is 212 g/mol. The second kappa shape index (κ2) is 8.90. The first-order valence-corrected chi connectivity index (χ1v) is 7.29. The molecule has 0 saturated carbocycles. The molecule has 0 amide bonds. The lowest BCUT2D eigenvalue weighted by molar-refractivity contribution is 0.129. The van der Waals surface area contributed by atoms with Crippen molar-refractivity contribution in [2.24, 2.45) is 5.73 Å². The summed E-state index contributed by atoms with van der Waals surface area (Å²) in [6.07, 6.45) is 9.17. The summed E-state index contributed by atoms with van der Waals surface area (Å²) in [4.78, 5) is 2.45. The van der Waals surface area contributed by atoms with E-state index in [1.807, 2.05) is 0 Å². The van der Waals surface area contributed by atoms with Gasteiger partial charge in [-0.2, -0.15) is 0 Å². The number of nitrogens with zero attached hydrogens (tertiary/aromatic N) is 1. The molecule has 1 fully saturated rings. The van der Waals surface area contributed by atoms with E-state index in [1.54, 1.807) is 0 Å². The number of rotatable bonds is 9. The van der Waals surface area contributed by atoms with Crippen molar-refractivity contribution in [3.8, 4) is 0 Å². The summed E-state index contributed by atoms with van der Waals surface area (Å²) in [5, 5.41) is 0. The van der Waals surface area contributed by atoms with Gasteiger partial charge < -0.3 is 10.5 Å². The molecule has 0 radical (unpaired) electrons. The normalized spacial score (nSPS) is 22.2. The standard InChI is InChI=1S/C14H30N2O/c1-3-4-5-6-7-8-13(11-15)16(2)14-9-10-17-12-14/h13-14H,3-12,15H2,1-2H3. The van der Waals surface area contributed by atoms with Gasteiger partial charge >= 0.3 is 0 Å². The van der Waals surface area contributed by atoms with E-state index in [0.717, 1.165) is 19.8 Å². The van der Waals surface area contributed by atoms with Crippen LogP contribution in [0.1, 0.15) is 51.9 Å². The Kier molecular flexibility index (Phi) is 7.82. The smallest absolute Gasteiger partial charge is 0.0622 e. The van der Waals surface area contributed by atoms with Gasteiger partial charge in [-0.15, -0.1) is 0 Å². The van der Waals surface area contributed by atoms with Crippen LogP contribution in [0.15, 0.2) is 0 Å². The molecule has 1 aliphatic heterocycles. The Morgan fingerprint density at radius 1 is 1.29 bits per heavy atom. The molecule has 1 heterocycles. The number of nitrogens with two attached hydrogens (primary N) is 1. The first-order valence-electron chi connectivity index (χ1n) is 7.29. The summed E-state index contributed by atoms with van der Waals surface area (Å²) >= 11 is 0. The van der Waals surface area contributed by atoms with Crippen LogP contribution in [0.4, 0.5) is 0 Å². The Morgan fingerprint density at radius 2 is 2.06 bits per heavy atom. The molecule has 2 N–H and O–H groups in total. The van der Waals surface area contributed by atoms with Crippen LogP contribution in [0.3, 0.4) is 0 Å². The predicted octanol–water partition coefficient (Wildman–Crippen LogP) is 2.39. The molecule has 0 aliphatic carbocycles. The monoisotopic (exact) mass is 242 g/mol. The third-order valence-corrected chi connectivity index (χ3v) is 3.97. The van der Waals surface area contributed by atoms with Crippen molar-refractivity contribution in [2.75, 3.05) is 26.8 Å². The fraction of sp³-hybridized carbons (Fsp3) is 1.00. The van der Waals surface area contributed by atoms with Crippen molar-refractivity contribution in [2.45, 2.75) is 64.0 Å². The average Bonchev–Trinajstić information content (AvgIpc) is 2.87. The molecule has 17 heavy (non-hydrogen) atoms.